The number of ether oxygens (including phenoxy) is 1. The van der Waals surface area contributed by atoms with Crippen LogP contribution in [-0.2, 0) is 4.74 Å². The Labute approximate surface area is 175 Å². The second-order valence-corrected chi connectivity index (χ2v) is 7.82. The highest BCUT2D eigenvalue weighted by molar-refractivity contribution is 5.89. The third-order valence-corrected chi connectivity index (χ3v) is 6.12. The maximum absolute atomic E-state index is 13.0. The molecule has 2 atom stereocenters. The van der Waals surface area contributed by atoms with Crippen LogP contribution in [0.1, 0.15) is 35.1 Å². The van der Waals surface area contributed by atoms with Crippen molar-refractivity contribution in [2.45, 2.75) is 24.5 Å². The van der Waals surface area contributed by atoms with Gasteiger partial charge in [-0.3, -0.25) is 4.90 Å². The summed E-state index contributed by atoms with van der Waals surface area (Å²) in [6, 6.07) is 23.5. The lowest BCUT2D eigenvalue weighted by Gasteiger charge is -2.23. The van der Waals surface area contributed by atoms with E-state index in [1.54, 1.807) is 18.2 Å². The number of fused-ring (bicyclic) bond motifs is 4. The molecule has 0 aromatic heterocycles. The predicted molar refractivity (Wildman–Crippen MR) is 114 cm³/mol. The highest BCUT2D eigenvalue weighted by atomic mass is 16.6. The molecule has 0 saturated heterocycles. The second kappa shape index (κ2) is 7.59. The highest BCUT2D eigenvalue weighted by Crippen LogP contribution is 2.44. The van der Waals surface area contributed by atoms with Gasteiger partial charge in [-0.25, -0.2) is 4.79 Å². The van der Waals surface area contributed by atoms with Crippen LogP contribution in [0.25, 0.3) is 11.1 Å². The molecule has 0 saturated carbocycles. The molecule has 1 heterocycles. The van der Waals surface area contributed by atoms with Crippen LogP contribution in [0.15, 0.2) is 72.8 Å². The molecule has 2 aliphatic rings. The van der Waals surface area contributed by atoms with Gasteiger partial charge in [0.05, 0.1) is 11.8 Å². The minimum atomic E-state index is -1.02. The molecule has 0 radical (unpaired) electrons. The Hall–Kier alpha value is -3.15. The van der Waals surface area contributed by atoms with E-state index in [0.717, 1.165) is 11.1 Å². The van der Waals surface area contributed by atoms with E-state index in [-0.39, 0.29) is 25.5 Å². The van der Waals surface area contributed by atoms with Crippen molar-refractivity contribution >= 4 is 11.8 Å². The van der Waals surface area contributed by atoms with Crippen molar-refractivity contribution in [1.29, 1.82) is 0 Å². The molecule has 3 aromatic rings. The molecule has 2 N–H and O–H groups in total. The fraction of sp³-hybridized carbons (Fsp3) is 0.240. The maximum atomic E-state index is 13.0. The van der Waals surface area contributed by atoms with E-state index >= 15 is 0 Å². The molecule has 1 aliphatic carbocycles. The molecule has 5 rings (SSSR count). The summed E-state index contributed by atoms with van der Waals surface area (Å²) in [6.07, 6.45) is -2.13. The first kappa shape index (κ1) is 18.9. The topological polar surface area (TPSA) is 70.0 Å². The van der Waals surface area contributed by atoms with E-state index in [4.69, 9.17) is 4.74 Å². The van der Waals surface area contributed by atoms with Crippen molar-refractivity contribution in [2.75, 3.05) is 18.1 Å². The van der Waals surface area contributed by atoms with Crippen molar-refractivity contribution in [3.05, 3.63) is 89.5 Å². The molecule has 5 nitrogen and oxygen atoms in total. The van der Waals surface area contributed by atoms with Crippen molar-refractivity contribution < 1.29 is 19.7 Å². The van der Waals surface area contributed by atoms with Crippen LogP contribution >= 0.6 is 0 Å². The van der Waals surface area contributed by atoms with Crippen LogP contribution in [-0.4, -0.2) is 35.6 Å². The van der Waals surface area contributed by atoms with Crippen LogP contribution in [0.5, 0.6) is 0 Å². The zero-order chi connectivity index (χ0) is 20.7. The summed E-state index contributed by atoms with van der Waals surface area (Å²) in [5.74, 6) is -0.0141. The largest absolute Gasteiger partial charge is 0.448 e. The van der Waals surface area contributed by atoms with Crippen LogP contribution in [0.3, 0.4) is 0 Å². The minimum Gasteiger partial charge on any atom is -0.448 e. The van der Waals surface area contributed by atoms with Crippen LogP contribution < -0.4 is 4.90 Å². The number of benzene rings is 3. The summed E-state index contributed by atoms with van der Waals surface area (Å²) in [5.41, 5.74) is 5.80. The van der Waals surface area contributed by atoms with Gasteiger partial charge < -0.3 is 14.9 Å². The maximum Gasteiger partial charge on any atom is 0.414 e. The Balaban J connectivity index is 1.40. The molecule has 0 fully saturated rings. The number of rotatable bonds is 2. The summed E-state index contributed by atoms with van der Waals surface area (Å²) < 4.78 is 5.79. The van der Waals surface area contributed by atoms with Crippen molar-refractivity contribution in [1.82, 2.24) is 0 Å². The Kier molecular flexibility index (Phi) is 4.77. The molecule has 30 heavy (non-hydrogen) atoms. The van der Waals surface area contributed by atoms with Gasteiger partial charge in [-0.15, -0.1) is 0 Å². The number of aliphatic hydroxyl groups is 2. The number of nitrogens with zero attached hydrogens (tertiary/aromatic N) is 1. The normalized spacial score (nSPS) is 20.1. The first-order valence-corrected chi connectivity index (χ1v) is 10.2. The van der Waals surface area contributed by atoms with Gasteiger partial charge in [0.15, 0.2) is 0 Å². The van der Waals surface area contributed by atoms with Gasteiger partial charge in [0.1, 0.15) is 12.7 Å². The summed E-state index contributed by atoms with van der Waals surface area (Å²) in [4.78, 5) is 14.6. The molecule has 1 amide bonds. The van der Waals surface area contributed by atoms with Gasteiger partial charge in [-0.2, -0.15) is 0 Å². The third kappa shape index (κ3) is 3.07. The highest BCUT2D eigenvalue weighted by Gasteiger charge is 2.33. The van der Waals surface area contributed by atoms with E-state index in [1.165, 1.54) is 16.0 Å². The molecule has 3 aromatic carbocycles. The van der Waals surface area contributed by atoms with E-state index in [1.807, 2.05) is 30.3 Å². The Morgan fingerprint density at radius 2 is 1.43 bits per heavy atom. The monoisotopic (exact) mass is 401 g/mol. The first-order valence-electron chi connectivity index (χ1n) is 10.2. The van der Waals surface area contributed by atoms with Gasteiger partial charge in [0, 0.05) is 18.0 Å². The smallest absolute Gasteiger partial charge is 0.414 e. The molecule has 5 heteroatoms. The lowest BCUT2D eigenvalue weighted by Crippen LogP contribution is -2.33. The summed E-state index contributed by atoms with van der Waals surface area (Å²) in [5, 5.41) is 20.6. The predicted octanol–water partition coefficient (Wildman–Crippen LogP) is 4.24. The lowest BCUT2D eigenvalue weighted by atomic mass is 9.98. The van der Waals surface area contributed by atoms with Crippen LogP contribution in [0.4, 0.5) is 10.5 Å². The van der Waals surface area contributed by atoms with E-state index < -0.39 is 18.3 Å². The van der Waals surface area contributed by atoms with E-state index in [2.05, 4.69) is 24.3 Å². The zero-order valence-corrected chi connectivity index (χ0v) is 16.4. The third-order valence-electron chi connectivity index (χ3n) is 6.12. The van der Waals surface area contributed by atoms with Crippen molar-refractivity contribution in [2.24, 2.45) is 0 Å². The SMILES string of the molecule is O=C(OCC1c2ccccc2-c2ccccc21)N1CC[C@@H](O)[C@@H](O)c2ccccc21. The quantitative estimate of drug-likeness (QED) is 0.674. The first-order chi connectivity index (χ1) is 14.6. The van der Waals surface area contributed by atoms with Gasteiger partial charge in [-0.1, -0.05) is 66.7 Å². The molecule has 1 aliphatic heterocycles. The number of hydrogen-bond acceptors (Lipinski definition) is 4. The van der Waals surface area contributed by atoms with Crippen molar-refractivity contribution in [3.63, 3.8) is 0 Å². The fourth-order valence-electron chi connectivity index (χ4n) is 4.59. The molecule has 0 unspecified atom stereocenters. The fourth-order valence-corrected chi connectivity index (χ4v) is 4.59. The van der Waals surface area contributed by atoms with Crippen molar-refractivity contribution in [3.8, 4) is 11.1 Å². The van der Waals surface area contributed by atoms with E-state index in [9.17, 15) is 15.0 Å². The average Bonchev–Trinajstić information content (AvgIpc) is 3.04. The second-order valence-electron chi connectivity index (χ2n) is 7.82. The summed E-state index contributed by atoms with van der Waals surface area (Å²) in [6.45, 7) is 0.516. The number of carbonyl (C=O) groups excluding carboxylic acids is 1. The van der Waals surface area contributed by atoms with Gasteiger partial charge in [0.25, 0.3) is 0 Å². The Bertz CT molecular complexity index is 1050. The standard InChI is InChI=1S/C25H23NO4/c27-23-13-14-26(22-12-6-5-11-20(22)24(23)28)25(29)30-15-21-18-9-3-1-7-16(18)17-8-2-4-10-19(17)21/h1-12,21,23-24,27-28H,13-15H2/t23-,24+/m1/s1. The molecule has 152 valence electrons. The Morgan fingerprint density at radius 1 is 0.867 bits per heavy atom. The number of carbonyl (C=O) groups is 1. The van der Waals surface area contributed by atoms with Gasteiger partial charge >= 0.3 is 6.09 Å². The number of para-hydroxylation sites is 1. The number of amides is 1. The number of anilines is 1. The Morgan fingerprint density at radius 3 is 2.10 bits per heavy atom. The van der Waals surface area contributed by atoms with Crippen LogP contribution in [0, 0.1) is 0 Å². The molecule has 0 bridgehead atoms. The minimum absolute atomic E-state index is 0.0141. The number of aliphatic hydroxyl groups excluding tert-OH is 2. The zero-order valence-electron chi connectivity index (χ0n) is 16.4. The van der Waals surface area contributed by atoms with Crippen LogP contribution in [0.2, 0.25) is 0 Å². The number of hydrogen-bond donors (Lipinski definition) is 2. The summed E-state index contributed by atoms with van der Waals surface area (Å²) in [7, 11) is 0. The molecule has 0 spiro atoms. The van der Waals surface area contributed by atoms with Gasteiger partial charge in [0.2, 0.25) is 0 Å². The average molecular weight is 401 g/mol. The van der Waals surface area contributed by atoms with E-state index in [0.29, 0.717) is 11.3 Å². The molecular weight excluding hydrogens is 378 g/mol. The summed E-state index contributed by atoms with van der Waals surface area (Å²) >= 11 is 0. The molecular formula is C25H23NO4. The van der Waals surface area contributed by atoms with Gasteiger partial charge in [-0.05, 0) is 34.7 Å². The lowest BCUT2D eigenvalue weighted by molar-refractivity contribution is 0.0175.